The third-order valence-corrected chi connectivity index (χ3v) is 8.43. The first-order chi connectivity index (χ1) is 13.7. The lowest BCUT2D eigenvalue weighted by Gasteiger charge is -2.44. The van der Waals surface area contributed by atoms with E-state index in [1.54, 1.807) is 5.57 Å². The molecule has 3 rings (SSSR count). The Hall–Kier alpha value is -0.860. The first-order valence-corrected chi connectivity index (χ1v) is 12.2. The standard InChI is InChI=1S/C27H44O2/c1-18(2)8-6-9-19(3)24-13-14-25-21(10-7-15-27(24,25)5)11-12-22-16-23(28)17-26(29)20(22)4/h11-12,18-19,23-26,28-29H,4,6-10,13-17H2,1-3,5H3/b21-11?,22-12-/t19-,23-,24-,25?,26+,27-/m1/s1. The molecular formula is C27H44O2. The number of hydrogen-bond donors (Lipinski definition) is 2. The zero-order chi connectivity index (χ0) is 21.2. The highest BCUT2D eigenvalue weighted by Crippen LogP contribution is 2.59. The minimum atomic E-state index is -0.595. The second-order valence-electron chi connectivity index (χ2n) is 11.0. The van der Waals surface area contributed by atoms with Gasteiger partial charge in [-0.25, -0.2) is 0 Å². The van der Waals surface area contributed by atoms with E-state index >= 15 is 0 Å². The van der Waals surface area contributed by atoms with Crippen molar-refractivity contribution in [2.45, 2.75) is 104 Å². The molecule has 1 unspecified atom stereocenters. The van der Waals surface area contributed by atoms with Crippen LogP contribution in [-0.4, -0.2) is 22.4 Å². The van der Waals surface area contributed by atoms with E-state index in [0.717, 1.165) is 28.9 Å². The molecule has 0 heterocycles. The van der Waals surface area contributed by atoms with Gasteiger partial charge in [0.25, 0.3) is 0 Å². The Morgan fingerprint density at radius 1 is 1.14 bits per heavy atom. The quantitative estimate of drug-likeness (QED) is 0.528. The molecular weight excluding hydrogens is 356 g/mol. The van der Waals surface area contributed by atoms with Crippen molar-refractivity contribution in [3.05, 3.63) is 35.5 Å². The van der Waals surface area contributed by atoms with Gasteiger partial charge in [0, 0.05) is 6.42 Å². The van der Waals surface area contributed by atoms with Gasteiger partial charge in [0.05, 0.1) is 12.2 Å². The van der Waals surface area contributed by atoms with Crippen LogP contribution >= 0.6 is 0 Å². The summed E-state index contributed by atoms with van der Waals surface area (Å²) in [5.41, 5.74) is 3.88. The van der Waals surface area contributed by atoms with Crippen molar-refractivity contribution >= 4 is 0 Å². The van der Waals surface area contributed by atoms with Gasteiger partial charge >= 0.3 is 0 Å². The SMILES string of the molecule is C=C1/C(=C\C=C2CCC[C@@]3(C)C2CC[C@@H]3[C@H](C)CCCC(C)C)C[C@@H](O)C[C@@H]1O. The van der Waals surface area contributed by atoms with Gasteiger partial charge in [-0.3, -0.25) is 0 Å². The molecule has 0 bridgehead atoms. The second-order valence-corrected chi connectivity index (χ2v) is 11.0. The maximum absolute atomic E-state index is 10.1. The summed E-state index contributed by atoms with van der Waals surface area (Å²) in [6, 6.07) is 0. The molecule has 6 atom stereocenters. The molecule has 3 aliphatic rings. The van der Waals surface area contributed by atoms with Gasteiger partial charge in [0.1, 0.15) is 0 Å². The van der Waals surface area contributed by atoms with Gasteiger partial charge in [-0.1, -0.05) is 71.3 Å². The Balaban J connectivity index is 1.71. The van der Waals surface area contributed by atoms with E-state index in [1.807, 2.05) is 0 Å². The minimum absolute atomic E-state index is 0.420. The van der Waals surface area contributed by atoms with E-state index in [0.29, 0.717) is 24.2 Å². The van der Waals surface area contributed by atoms with E-state index in [-0.39, 0.29) is 0 Å². The van der Waals surface area contributed by atoms with Crippen LogP contribution in [0.15, 0.2) is 35.5 Å². The predicted octanol–water partition coefficient (Wildman–Crippen LogP) is 6.59. The molecule has 3 fully saturated rings. The van der Waals surface area contributed by atoms with Crippen LogP contribution in [0.4, 0.5) is 0 Å². The van der Waals surface area contributed by atoms with Crippen molar-refractivity contribution < 1.29 is 10.2 Å². The Labute approximate surface area is 179 Å². The molecule has 0 aromatic heterocycles. The largest absolute Gasteiger partial charge is 0.393 e. The Bertz CT molecular complexity index is 643. The molecule has 0 saturated heterocycles. The molecule has 0 aliphatic heterocycles. The summed E-state index contributed by atoms with van der Waals surface area (Å²) in [5, 5.41) is 20.2. The Kier molecular flexibility index (Phi) is 7.49. The van der Waals surface area contributed by atoms with Crippen molar-refractivity contribution in [3.8, 4) is 0 Å². The summed E-state index contributed by atoms with van der Waals surface area (Å²) in [7, 11) is 0. The molecule has 0 aromatic carbocycles. The fraction of sp³-hybridized carbons (Fsp3) is 0.778. The summed E-state index contributed by atoms with van der Waals surface area (Å²) in [6.45, 7) is 13.8. The lowest BCUT2D eigenvalue weighted by atomic mass is 9.60. The maximum atomic E-state index is 10.1. The van der Waals surface area contributed by atoms with E-state index in [1.165, 1.54) is 51.4 Å². The first kappa shape index (κ1) is 22.8. The van der Waals surface area contributed by atoms with Crippen LogP contribution in [0.25, 0.3) is 0 Å². The third kappa shape index (κ3) is 5.07. The van der Waals surface area contributed by atoms with Crippen LogP contribution < -0.4 is 0 Å². The van der Waals surface area contributed by atoms with Crippen LogP contribution in [0.5, 0.6) is 0 Å². The molecule has 0 radical (unpaired) electrons. The molecule has 0 spiro atoms. The fourth-order valence-corrected chi connectivity index (χ4v) is 6.73. The number of aliphatic hydroxyl groups is 2. The van der Waals surface area contributed by atoms with Crippen molar-refractivity contribution in [1.29, 1.82) is 0 Å². The number of fused-ring (bicyclic) bond motifs is 1. The van der Waals surface area contributed by atoms with Crippen molar-refractivity contribution in [2.75, 3.05) is 0 Å². The smallest absolute Gasteiger partial charge is 0.0811 e. The lowest BCUT2D eigenvalue weighted by Crippen LogP contribution is -2.36. The van der Waals surface area contributed by atoms with E-state index in [4.69, 9.17) is 0 Å². The second kappa shape index (κ2) is 9.52. The van der Waals surface area contributed by atoms with Gasteiger partial charge in [0.15, 0.2) is 0 Å². The van der Waals surface area contributed by atoms with Gasteiger partial charge in [-0.2, -0.15) is 0 Å². The molecule has 0 aromatic rings. The highest BCUT2D eigenvalue weighted by Gasteiger charge is 2.50. The zero-order valence-corrected chi connectivity index (χ0v) is 19.3. The van der Waals surface area contributed by atoms with Crippen LogP contribution in [0.2, 0.25) is 0 Å². The normalized spacial score (nSPS) is 39.3. The summed E-state index contributed by atoms with van der Waals surface area (Å²) in [6.07, 6.45) is 15.2. The summed E-state index contributed by atoms with van der Waals surface area (Å²) in [5.74, 6) is 3.20. The summed E-state index contributed by atoms with van der Waals surface area (Å²) in [4.78, 5) is 0. The summed E-state index contributed by atoms with van der Waals surface area (Å²) < 4.78 is 0. The lowest BCUT2D eigenvalue weighted by molar-refractivity contribution is 0.0861. The molecule has 164 valence electrons. The van der Waals surface area contributed by atoms with E-state index in [9.17, 15) is 10.2 Å². The van der Waals surface area contributed by atoms with Gasteiger partial charge < -0.3 is 10.2 Å². The highest BCUT2D eigenvalue weighted by atomic mass is 16.3. The fourth-order valence-electron chi connectivity index (χ4n) is 6.73. The van der Waals surface area contributed by atoms with Crippen LogP contribution in [0.3, 0.4) is 0 Å². The Morgan fingerprint density at radius 3 is 2.62 bits per heavy atom. The molecule has 3 saturated carbocycles. The minimum Gasteiger partial charge on any atom is -0.393 e. The molecule has 3 aliphatic carbocycles. The zero-order valence-electron chi connectivity index (χ0n) is 19.3. The third-order valence-electron chi connectivity index (χ3n) is 8.43. The van der Waals surface area contributed by atoms with Crippen molar-refractivity contribution in [1.82, 2.24) is 0 Å². The number of rotatable bonds is 6. The Morgan fingerprint density at radius 2 is 1.90 bits per heavy atom. The molecule has 0 amide bonds. The average Bonchev–Trinajstić information content (AvgIpc) is 3.00. The van der Waals surface area contributed by atoms with Crippen LogP contribution in [0.1, 0.15) is 91.9 Å². The van der Waals surface area contributed by atoms with Crippen molar-refractivity contribution in [2.24, 2.45) is 29.1 Å². The first-order valence-electron chi connectivity index (χ1n) is 12.2. The number of hydrogen-bond acceptors (Lipinski definition) is 2. The monoisotopic (exact) mass is 400 g/mol. The molecule has 2 N–H and O–H groups in total. The van der Waals surface area contributed by atoms with E-state index in [2.05, 4.69) is 46.4 Å². The predicted molar refractivity (Wildman–Crippen MR) is 123 cm³/mol. The molecule has 2 nitrogen and oxygen atoms in total. The molecule has 29 heavy (non-hydrogen) atoms. The van der Waals surface area contributed by atoms with E-state index < -0.39 is 12.2 Å². The highest BCUT2D eigenvalue weighted by molar-refractivity contribution is 5.38. The summed E-state index contributed by atoms with van der Waals surface area (Å²) >= 11 is 0. The maximum Gasteiger partial charge on any atom is 0.0811 e. The van der Waals surface area contributed by atoms with Crippen LogP contribution in [-0.2, 0) is 0 Å². The van der Waals surface area contributed by atoms with Gasteiger partial charge in [0.2, 0.25) is 0 Å². The number of allylic oxidation sites excluding steroid dienone is 3. The van der Waals surface area contributed by atoms with Crippen molar-refractivity contribution in [3.63, 3.8) is 0 Å². The van der Waals surface area contributed by atoms with Gasteiger partial charge in [-0.05, 0) is 78.8 Å². The van der Waals surface area contributed by atoms with Gasteiger partial charge in [-0.15, -0.1) is 0 Å². The topological polar surface area (TPSA) is 40.5 Å². The molecule has 2 heteroatoms. The number of aliphatic hydroxyl groups excluding tert-OH is 2. The van der Waals surface area contributed by atoms with Crippen LogP contribution in [0, 0.1) is 29.1 Å². The average molecular weight is 401 g/mol.